The second-order valence-corrected chi connectivity index (χ2v) is 8.17. The zero-order valence-corrected chi connectivity index (χ0v) is 17.0. The molecule has 0 spiro atoms. The first-order chi connectivity index (χ1) is 13.5. The van der Waals surface area contributed by atoms with Crippen molar-refractivity contribution in [3.05, 3.63) is 51.9 Å². The van der Waals surface area contributed by atoms with E-state index >= 15 is 0 Å². The number of primary amides is 1. The molecule has 0 saturated heterocycles. The molecule has 8 heteroatoms. The predicted octanol–water partition coefficient (Wildman–Crippen LogP) is 3.25. The molecule has 0 atom stereocenters. The highest BCUT2D eigenvalue weighted by atomic mass is 32.2. The molecule has 6 nitrogen and oxygen atoms in total. The van der Waals surface area contributed by atoms with Crippen LogP contribution in [0, 0.1) is 0 Å². The summed E-state index contributed by atoms with van der Waals surface area (Å²) in [6, 6.07) is 7.70. The Hall–Kier alpha value is -2.58. The molecular weight excluding hydrogens is 396 g/mol. The van der Waals surface area contributed by atoms with E-state index in [1.54, 1.807) is 17.8 Å². The van der Waals surface area contributed by atoms with E-state index in [0.717, 1.165) is 40.2 Å². The second kappa shape index (κ2) is 9.07. The zero-order chi connectivity index (χ0) is 20.1. The molecule has 1 aliphatic carbocycles. The summed E-state index contributed by atoms with van der Waals surface area (Å²) in [4.78, 5) is 37.9. The van der Waals surface area contributed by atoms with Crippen LogP contribution < -0.4 is 11.1 Å². The first-order valence-electron chi connectivity index (χ1n) is 8.71. The van der Waals surface area contributed by atoms with Crippen molar-refractivity contribution < 1.29 is 19.1 Å². The normalized spacial score (nSPS) is 12.8. The number of hydrogen-bond acceptors (Lipinski definition) is 6. The van der Waals surface area contributed by atoms with E-state index in [0.29, 0.717) is 10.6 Å². The number of hydrogen-bond donors (Lipinski definition) is 2. The van der Waals surface area contributed by atoms with Gasteiger partial charge in [0.25, 0.3) is 11.8 Å². The van der Waals surface area contributed by atoms with Crippen molar-refractivity contribution in [1.82, 2.24) is 0 Å². The lowest BCUT2D eigenvalue weighted by Gasteiger charge is -2.06. The van der Waals surface area contributed by atoms with Crippen LogP contribution in [-0.4, -0.2) is 30.6 Å². The molecule has 0 radical (unpaired) electrons. The third kappa shape index (κ3) is 4.82. The summed E-state index contributed by atoms with van der Waals surface area (Å²) >= 11 is 3.00. The third-order valence-corrected chi connectivity index (χ3v) is 6.24. The van der Waals surface area contributed by atoms with Gasteiger partial charge in [-0.3, -0.25) is 9.59 Å². The molecule has 0 fully saturated rings. The fourth-order valence-corrected chi connectivity index (χ4v) is 4.70. The summed E-state index contributed by atoms with van der Waals surface area (Å²) in [5, 5.41) is 3.07. The molecule has 28 heavy (non-hydrogen) atoms. The molecule has 146 valence electrons. The van der Waals surface area contributed by atoms with E-state index in [1.807, 2.05) is 30.5 Å². The van der Waals surface area contributed by atoms with Gasteiger partial charge in [-0.2, -0.15) is 0 Å². The lowest BCUT2D eigenvalue weighted by molar-refractivity contribution is -0.142. The molecule has 0 aliphatic heterocycles. The molecule has 3 rings (SSSR count). The van der Waals surface area contributed by atoms with Gasteiger partial charge in [0.1, 0.15) is 5.00 Å². The lowest BCUT2D eigenvalue weighted by Crippen LogP contribution is -2.22. The van der Waals surface area contributed by atoms with Gasteiger partial charge in [0, 0.05) is 15.8 Å². The van der Waals surface area contributed by atoms with Crippen molar-refractivity contribution in [2.24, 2.45) is 5.73 Å². The number of benzene rings is 1. The smallest absolute Gasteiger partial charge is 0.331 e. The van der Waals surface area contributed by atoms with Crippen LogP contribution in [0.2, 0.25) is 0 Å². The third-order valence-electron chi connectivity index (χ3n) is 4.29. The van der Waals surface area contributed by atoms with Crippen molar-refractivity contribution in [2.45, 2.75) is 24.2 Å². The highest BCUT2D eigenvalue weighted by Gasteiger charge is 2.26. The minimum atomic E-state index is -0.618. The number of carbonyl (C=O) groups is 3. The number of amides is 2. The Bertz CT molecular complexity index is 932. The van der Waals surface area contributed by atoms with Crippen molar-refractivity contribution in [3.8, 4) is 0 Å². The van der Waals surface area contributed by atoms with Crippen molar-refractivity contribution >= 4 is 52.0 Å². The van der Waals surface area contributed by atoms with Crippen LogP contribution in [0.25, 0.3) is 6.08 Å². The Morgan fingerprint density at radius 1 is 1.25 bits per heavy atom. The van der Waals surface area contributed by atoms with Gasteiger partial charge in [0.05, 0.1) is 5.56 Å². The number of anilines is 1. The first kappa shape index (κ1) is 20.2. The number of esters is 1. The molecule has 2 aromatic rings. The molecule has 3 N–H and O–H groups in total. The maximum Gasteiger partial charge on any atom is 0.331 e. The lowest BCUT2D eigenvalue weighted by atomic mass is 10.1. The molecule has 2 amide bonds. The monoisotopic (exact) mass is 416 g/mol. The van der Waals surface area contributed by atoms with Gasteiger partial charge in [0.2, 0.25) is 0 Å². The molecule has 1 aromatic heterocycles. The summed E-state index contributed by atoms with van der Waals surface area (Å²) in [7, 11) is 0. The molecular formula is C20H20N2O4S2. The number of fused-ring (bicyclic) bond motifs is 1. The Labute approximate surface area is 171 Å². The zero-order valence-electron chi connectivity index (χ0n) is 15.3. The van der Waals surface area contributed by atoms with E-state index in [4.69, 9.17) is 10.5 Å². The standard InChI is InChI=1S/C20H20N2O4S2/c1-27-13-8-5-12(6-9-13)7-10-17(24)26-11-16(23)22-20-18(19(21)25)14-3-2-4-15(14)28-20/h5-10H,2-4,11H2,1H3,(H2,21,25)(H,22,23). The molecule has 1 heterocycles. The van der Waals surface area contributed by atoms with Crippen LogP contribution in [0.4, 0.5) is 5.00 Å². The van der Waals surface area contributed by atoms with Crippen LogP contribution >= 0.6 is 23.1 Å². The molecule has 1 aliphatic rings. The maximum absolute atomic E-state index is 12.1. The van der Waals surface area contributed by atoms with Crippen LogP contribution in [-0.2, 0) is 27.2 Å². The number of aryl methyl sites for hydroxylation is 1. The quantitative estimate of drug-likeness (QED) is 0.410. The summed E-state index contributed by atoms with van der Waals surface area (Å²) in [6.07, 6.45) is 7.55. The topological polar surface area (TPSA) is 98.5 Å². The number of ether oxygens (including phenoxy) is 1. The first-order valence-corrected chi connectivity index (χ1v) is 10.7. The fourth-order valence-electron chi connectivity index (χ4n) is 2.98. The fraction of sp³-hybridized carbons (Fsp3) is 0.250. The number of nitrogens with two attached hydrogens (primary N) is 1. The van der Waals surface area contributed by atoms with Gasteiger partial charge < -0.3 is 15.8 Å². The van der Waals surface area contributed by atoms with Gasteiger partial charge in [-0.25, -0.2) is 4.79 Å². The summed E-state index contributed by atoms with van der Waals surface area (Å²) in [6.45, 7) is -0.435. The summed E-state index contributed by atoms with van der Waals surface area (Å²) < 4.78 is 4.97. The predicted molar refractivity (Wildman–Crippen MR) is 112 cm³/mol. The van der Waals surface area contributed by atoms with Crippen LogP contribution in [0.1, 0.15) is 32.8 Å². The van der Waals surface area contributed by atoms with Crippen LogP contribution in [0.3, 0.4) is 0 Å². The van der Waals surface area contributed by atoms with E-state index in [-0.39, 0.29) is 0 Å². The van der Waals surface area contributed by atoms with Gasteiger partial charge >= 0.3 is 5.97 Å². The van der Waals surface area contributed by atoms with Crippen molar-refractivity contribution in [3.63, 3.8) is 0 Å². The van der Waals surface area contributed by atoms with Gasteiger partial charge in [0.15, 0.2) is 6.61 Å². The average molecular weight is 417 g/mol. The number of carbonyl (C=O) groups excluding carboxylic acids is 3. The highest BCUT2D eigenvalue weighted by Crippen LogP contribution is 2.38. The summed E-state index contributed by atoms with van der Waals surface area (Å²) in [5.41, 5.74) is 7.63. The van der Waals surface area contributed by atoms with Gasteiger partial charge in [-0.1, -0.05) is 12.1 Å². The number of nitrogens with one attached hydrogen (secondary N) is 1. The Kier molecular flexibility index (Phi) is 6.53. The van der Waals surface area contributed by atoms with Crippen molar-refractivity contribution in [1.29, 1.82) is 0 Å². The maximum atomic E-state index is 12.1. The molecule has 1 aromatic carbocycles. The largest absolute Gasteiger partial charge is 0.452 e. The molecule has 0 bridgehead atoms. The van der Waals surface area contributed by atoms with Crippen molar-refractivity contribution in [2.75, 3.05) is 18.2 Å². The number of thiophene rings is 1. The Morgan fingerprint density at radius 2 is 2.00 bits per heavy atom. The molecule has 0 saturated carbocycles. The van der Waals surface area contributed by atoms with E-state index in [1.165, 1.54) is 17.4 Å². The minimum Gasteiger partial charge on any atom is -0.452 e. The Balaban J connectivity index is 1.53. The second-order valence-electron chi connectivity index (χ2n) is 6.19. The Morgan fingerprint density at radius 3 is 2.68 bits per heavy atom. The number of thioether (sulfide) groups is 1. The molecule has 0 unspecified atom stereocenters. The van der Waals surface area contributed by atoms with Gasteiger partial charge in [-0.05, 0) is 54.9 Å². The van der Waals surface area contributed by atoms with Crippen LogP contribution in [0.5, 0.6) is 0 Å². The van der Waals surface area contributed by atoms with E-state index < -0.39 is 24.4 Å². The summed E-state index contributed by atoms with van der Waals surface area (Å²) in [5.74, 6) is -1.68. The highest BCUT2D eigenvalue weighted by molar-refractivity contribution is 7.98. The van der Waals surface area contributed by atoms with Gasteiger partial charge in [-0.15, -0.1) is 23.1 Å². The minimum absolute atomic E-state index is 0.380. The number of rotatable bonds is 7. The van der Waals surface area contributed by atoms with E-state index in [2.05, 4.69) is 5.32 Å². The van der Waals surface area contributed by atoms with E-state index in [9.17, 15) is 14.4 Å². The van der Waals surface area contributed by atoms with Crippen LogP contribution in [0.15, 0.2) is 35.2 Å². The average Bonchev–Trinajstić information content (AvgIpc) is 3.25. The SMILES string of the molecule is CSc1ccc(C=CC(=O)OCC(=O)Nc2sc3c(c2C(N)=O)CCC3)cc1.